The van der Waals surface area contributed by atoms with E-state index in [1.165, 1.54) is 16.0 Å². The lowest BCUT2D eigenvalue weighted by atomic mass is 9.78. The van der Waals surface area contributed by atoms with Crippen molar-refractivity contribution < 1.29 is 19.1 Å². The van der Waals surface area contributed by atoms with Crippen LogP contribution in [0.5, 0.6) is 0 Å². The highest BCUT2D eigenvalue weighted by Crippen LogP contribution is 2.61. The van der Waals surface area contributed by atoms with Crippen LogP contribution in [0.3, 0.4) is 0 Å². The number of methoxy groups -OCH3 is 1. The van der Waals surface area contributed by atoms with Gasteiger partial charge in [0.15, 0.2) is 0 Å². The van der Waals surface area contributed by atoms with Crippen molar-refractivity contribution >= 4 is 38.1 Å². The first kappa shape index (κ1) is 33.7. The molecule has 1 saturated carbocycles. The van der Waals surface area contributed by atoms with Gasteiger partial charge in [-0.15, -0.1) is 0 Å². The van der Waals surface area contributed by atoms with Gasteiger partial charge in [-0.25, -0.2) is 0 Å². The lowest BCUT2D eigenvalue weighted by molar-refractivity contribution is -0.139. The number of anilines is 1. The Kier molecular flexibility index (Phi) is 13.7. The van der Waals surface area contributed by atoms with E-state index in [2.05, 4.69) is 41.4 Å². The van der Waals surface area contributed by atoms with Crippen LogP contribution in [0.15, 0.2) is 108 Å². The van der Waals surface area contributed by atoms with E-state index >= 15 is 0 Å². The first-order valence-electron chi connectivity index (χ1n) is 13.5. The van der Waals surface area contributed by atoms with E-state index < -0.39 is 0 Å². The minimum Gasteiger partial charge on any atom is -0.399 e. The Morgan fingerprint density at radius 2 is 1.02 bits per heavy atom. The smallest absolute Gasteiger partial charge is 0.233 e. The summed E-state index contributed by atoms with van der Waals surface area (Å²) >= 11 is 2.84. The number of halogens is 1. The molecule has 2 fully saturated rings. The fourth-order valence-electron chi connectivity index (χ4n) is 5.75. The zero-order valence-electron chi connectivity index (χ0n) is 24.7. The molecular weight excluding hydrogens is 580 g/mol. The highest BCUT2D eigenvalue weighted by Gasteiger charge is 2.64. The number of nitrogens with two attached hydrogens (primary N) is 1. The third-order valence-electron chi connectivity index (χ3n) is 7.61. The van der Waals surface area contributed by atoms with Crippen LogP contribution in [0, 0.1) is 29.6 Å². The van der Waals surface area contributed by atoms with Crippen molar-refractivity contribution in [1.82, 2.24) is 4.90 Å². The topological polar surface area (TPSA) is 89.7 Å². The van der Waals surface area contributed by atoms with Crippen LogP contribution in [0.25, 0.3) is 0 Å². The Bertz CT molecular complexity index is 1220. The van der Waals surface area contributed by atoms with Crippen molar-refractivity contribution in [2.24, 2.45) is 29.6 Å². The summed E-state index contributed by atoms with van der Waals surface area (Å²) < 4.78 is 4.18. The highest BCUT2D eigenvalue weighted by atomic mass is 79.9. The Morgan fingerprint density at radius 1 is 0.707 bits per heavy atom. The molecule has 2 bridgehead atoms. The van der Waals surface area contributed by atoms with Crippen LogP contribution in [0.1, 0.15) is 31.1 Å². The summed E-state index contributed by atoms with van der Waals surface area (Å²) in [7, 11) is 4.87. The van der Waals surface area contributed by atoms with Gasteiger partial charge in [0.05, 0.1) is 11.8 Å². The second-order valence-corrected chi connectivity index (χ2v) is 10.9. The second-order valence-electron chi connectivity index (χ2n) is 10.2. The van der Waals surface area contributed by atoms with Crippen molar-refractivity contribution in [3.8, 4) is 0 Å². The van der Waals surface area contributed by atoms with Crippen LogP contribution >= 0.6 is 15.9 Å². The molecule has 4 atom stereocenters. The van der Waals surface area contributed by atoms with Crippen LogP contribution in [0.2, 0.25) is 0 Å². The third kappa shape index (κ3) is 8.72. The molecule has 3 aromatic rings. The third-order valence-corrected chi connectivity index (χ3v) is 8.07. The van der Waals surface area contributed by atoms with E-state index in [0.717, 1.165) is 5.69 Å². The summed E-state index contributed by atoms with van der Waals surface area (Å²) in [5.74, 6) is 1.08. The standard InChI is InChI=1S/C13H17NO2.C7H5BrO.C6H7N.C6H6.C2H6O/c1-5-6(2)9-7(3)8(5)10-11(9)13(16)14(4)12(10)15;8-7(9)6-4-2-1-3-5-6;7-6-4-2-1-3-5-6;1-2-4-6-5-3-1;1-3-2/h7-11H,1-4H3;1-5H;1-5H,7H2;1-6H;1-2H3. The maximum atomic E-state index is 12.1. The number of ether oxygens (including phenoxy) is 1. The zero-order chi connectivity index (χ0) is 30.5. The number of nitrogen functional groups attached to an aromatic ring is 1. The van der Waals surface area contributed by atoms with Gasteiger partial charge in [-0.1, -0.05) is 103 Å². The number of likely N-dealkylation sites (tertiary alicyclic amines) is 1. The van der Waals surface area contributed by atoms with E-state index in [1.54, 1.807) is 33.4 Å². The number of amides is 2. The average molecular weight is 622 g/mol. The molecule has 1 saturated heterocycles. The number of imide groups is 1. The number of hydrogen-bond donors (Lipinski definition) is 1. The van der Waals surface area contributed by atoms with Crippen molar-refractivity contribution in [2.45, 2.75) is 20.8 Å². The number of benzene rings is 3. The molecule has 0 spiro atoms. The van der Waals surface area contributed by atoms with E-state index in [4.69, 9.17) is 5.73 Å². The fraction of sp³-hybridized carbons (Fsp3) is 0.324. The average Bonchev–Trinajstić information content (AvgIpc) is 3.49. The predicted molar refractivity (Wildman–Crippen MR) is 169 cm³/mol. The number of para-hydroxylation sites is 1. The molecule has 6 nitrogen and oxygen atoms in total. The number of carbonyl (C=O) groups is 3. The summed E-state index contributed by atoms with van der Waals surface area (Å²) in [6, 6.07) is 30.5. The van der Waals surface area contributed by atoms with Crippen LogP contribution in [0.4, 0.5) is 5.69 Å². The quantitative estimate of drug-likeness (QED) is 0.138. The van der Waals surface area contributed by atoms with E-state index in [9.17, 15) is 14.4 Å². The number of nitrogens with zero attached hydrogens (tertiary/aromatic N) is 1. The predicted octanol–water partition coefficient (Wildman–Crippen LogP) is 6.89. The first-order chi connectivity index (χ1) is 19.6. The summed E-state index contributed by atoms with van der Waals surface area (Å²) in [5, 5.41) is 0. The molecule has 4 unspecified atom stereocenters. The van der Waals surface area contributed by atoms with Gasteiger partial charge in [-0.3, -0.25) is 19.3 Å². The molecule has 6 rings (SSSR count). The molecular formula is C34H41BrN2O4. The van der Waals surface area contributed by atoms with Gasteiger partial charge in [-0.05, 0) is 59.7 Å². The minimum atomic E-state index is -0.0666. The lowest BCUT2D eigenvalue weighted by Gasteiger charge is -2.22. The molecule has 218 valence electrons. The van der Waals surface area contributed by atoms with Gasteiger partial charge < -0.3 is 10.5 Å². The van der Waals surface area contributed by atoms with Gasteiger partial charge in [0.1, 0.15) is 0 Å². The molecule has 0 aromatic heterocycles. The van der Waals surface area contributed by atoms with Gasteiger partial charge in [0.25, 0.3) is 0 Å². The largest absolute Gasteiger partial charge is 0.399 e. The van der Waals surface area contributed by atoms with Gasteiger partial charge in [0, 0.05) is 32.5 Å². The second kappa shape index (κ2) is 16.7. The lowest BCUT2D eigenvalue weighted by Crippen LogP contribution is -2.30. The Labute approximate surface area is 252 Å². The highest BCUT2D eigenvalue weighted by molar-refractivity contribution is 9.18. The Hall–Kier alpha value is -3.55. The van der Waals surface area contributed by atoms with E-state index in [0.29, 0.717) is 23.3 Å². The van der Waals surface area contributed by atoms with Crippen molar-refractivity contribution in [1.29, 1.82) is 0 Å². The summed E-state index contributed by atoms with van der Waals surface area (Å²) in [5.41, 5.74) is 9.59. The number of rotatable bonds is 1. The monoisotopic (exact) mass is 620 g/mol. The number of fused-ring (bicyclic) bond motifs is 5. The molecule has 0 radical (unpaired) electrons. The van der Waals surface area contributed by atoms with Crippen molar-refractivity contribution in [3.05, 3.63) is 114 Å². The fourth-order valence-corrected chi connectivity index (χ4v) is 6.02. The zero-order valence-corrected chi connectivity index (χ0v) is 26.2. The molecule has 7 heteroatoms. The Balaban J connectivity index is 0.000000200. The molecule has 2 N–H and O–H groups in total. The maximum absolute atomic E-state index is 12.1. The molecule has 2 amide bonds. The van der Waals surface area contributed by atoms with Gasteiger partial charge in [-0.2, -0.15) is 0 Å². The van der Waals surface area contributed by atoms with Gasteiger partial charge >= 0.3 is 0 Å². The first-order valence-corrected chi connectivity index (χ1v) is 14.3. The van der Waals surface area contributed by atoms with Crippen molar-refractivity contribution in [3.63, 3.8) is 0 Å². The van der Waals surface area contributed by atoms with E-state index in [-0.39, 0.29) is 28.3 Å². The Morgan fingerprint density at radius 3 is 1.29 bits per heavy atom. The SMILES string of the molecule is CC1=C(C)C2C(C)C1C1C(=O)N(C)C(=O)C21.COC.Nc1ccccc1.O=C(Br)c1ccccc1.c1ccccc1. The molecule has 1 aliphatic heterocycles. The van der Waals surface area contributed by atoms with Crippen LogP contribution < -0.4 is 5.73 Å². The summed E-state index contributed by atoms with van der Waals surface area (Å²) in [6.45, 7) is 6.44. The van der Waals surface area contributed by atoms with Crippen LogP contribution in [-0.2, 0) is 14.3 Å². The number of carbonyl (C=O) groups excluding carboxylic acids is 3. The molecule has 2 aliphatic carbocycles. The maximum Gasteiger partial charge on any atom is 0.233 e. The van der Waals surface area contributed by atoms with E-state index in [1.807, 2.05) is 84.9 Å². The van der Waals surface area contributed by atoms with Gasteiger partial charge in [0.2, 0.25) is 16.5 Å². The molecule has 3 aromatic carbocycles. The normalized spacial score (nSPS) is 23.0. The van der Waals surface area contributed by atoms with Crippen molar-refractivity contribution in [2.75, 3.05) is 27.0 Å². The van der Waals surface area contributed by atoms with Crippen LogP contribution in [-0.4, -0.2) is 42.7 Å². The number of hydrogen-bond acceptors (Lipinski definition) is 5. The number of allylic oxidation sites excluding steroid dienone is 2. The summed E-state index contributed by atoms with van der Waals surface area (Å²) in [4.78, 5) is 36.0. The molecule has 3 aliphatic rings. The molecule has 41 heavy (non-hydrogen) atoms. The molecule has 1 heterocycles. The summed E-state index contributed by atoms with van der Waals surface area (Å²) in [6.07, 6.45) is 0. The minimum absolute atomic E-state index is 0.0428.